The molecule has 2 rings (SSSR count). The molecule has 2 fully saturated rings. The number of nitrogens with zero attached hydrogens (tertiary/aromatic N) is 1. The van der Waals surface area contributed by atoms with Crippen molar-refractivity contribution >= 4 is 11.8 Å². The van der Waals surface area contributed by atoms with Gasteiger partial charge in [-0.1, -0.05) is 32.6 Å². The average Bonchev–Trinajstić information content (AvgIpc) is 2.51. The standard InChI is InChI=1S/C15H26N2O2/c1-3-7-12-14(19)17(11-8-13(18)16-12)15(2)9-5-4-6-10-15/h12H,3-11H2,1-2H3,(H,16,18). The lowest BCUT2D eigenvalue weighted by molar-refractivity contribution is -0.140. The smallest absolute Gasteiger partial charge is 0.245 e. The number of carbonyl (C=O) groups excluding carboxylic acids is 2. The Kier molecular flexibility index (Phi) is 4.48. The van der Waals surface area contributed by atoms with Gasteiger partial charge < -0.3 is 10.2 Å². The van der Waals surface area contributed by atoms with E-state index in [1.165, 1.54) is 19.3 Å². The lowest BCUT2D eigenvalue weighted by atomic mass is 9.81. The number of carbonyl (C=O) groups is 2. The van der Waals surface area contributed by atoms with Gasteiger partial charge in [-0.3, -0.25) is 9.59 Å². The molecule has 2 aliphatic rings. The van der Waals surface area contributed by atoms with Crippen LogP contribution in [-0.2, 0) is 9.59 Å². The Balaban J connectivity index is 2.17. The average molecular weight is 266 g/mol. The minimum absolute atomic E-state index is 0.0220. The van der Waals surface area contributed by atoms with E-state index in [4.69, 9.17) is 0 Å². The van der Waals surface area contributed by atoms with Gasteiger partial charge >= 0.3 is 0 Å². The highest BCUT2D eigenvalue weighted by atomic mass is 16.2. The lowest BCUT2D eigenvalue weighted by Crippen LogP contribution is -2.55. The molecular formula is C15H26N2O2. The van der Waals surface area contributed by atoms with Crippen molar-refractivity contribution in [3.63, 3.8) is 0 Å². The number of amides is 2. The van der Waals surface area contributed by atoms with Crippen LogP contribution >= 0.6 is 0 Å². The molecule has 1 atom stereocenters. The summed E-state index contributed by atoms with van der Waals surface area (Å²) in [6, 6.07) is -0.307. The first-order chi connectivity index (χ1) is 9.07. The zero-order valence-electron chi connectivity index (χ0n) is 12.2. The molecule has 1 aliphatic carbocycles. The van der Waals surface area contributed by atoms with Gasteiger partial charge in [0.25, 0.3) is 0 Å². The number of hydrogen-bond donors (Lipinski definition) is 1. The Labute approximate surface area is 115 Å². The van der Waals surface area contributed by atoms with Crippen LogP contribution in [0.4, 0.5) is 0 Å². The minimum Gasteiger partial charge on any atom is -0.344 e. The highest BCUT2D eigenvalue weighted by Gasteiger charge is 2.40. The van der Waals surface area contributed by atoms with Crippen LogP contribution in [0.3, 0.4) is 0 Å². The van der Waals surface area contributed by atoms with Gasteiger partial charge in [0.1, 0.15) is 6.04 Å². The van der Waals surface area contributed by atoms with E-state index in [2.05, 4.69) is 19.2 Å². The zero-order chi connectivity index (χ0) is 13.9. The highest BCUT2D eigenvalue weighted by Crippen LogP contribution is 2.34. The topological polar surface area (TPSA) is 49.4 Å². The van der Waals surface area contributed by atoms with Crippen molar-refractivity contribution in [3.05, 3.63) is 0 Å². The zero-order valence-corrected chi connectivity index (χ0v) is 12.2. The first-order valence-electron chi connectivity index (χ1n) is 7.68. The first-order valence-corrected chi connectivity index (χ1v) is 7.68. The molecule has 4 heteroatoms. The van der Waals surface area contributed by atoms with E-state index in [0.29, 0.717) is 13.0 Å². The fraction of sp³-hybridized carbons (Fsp3) is 0.867. The molecule has 0 spiro atoms. The van der Waals surface area contributed by atoms with Gasteiger partial charge in [-0.25, -0.2) is 0 Å². The van der Waals surface area contributed by atoms with Gasteiger partial charge in [-0.2, -0.15) is 0 Å². The summed E-state index contributed by atoms with van der Waals surface area (Å²) in [5.74, 6) is 0.158. The van der Waals surface area contributed by atoms with Crippen LogP contribution in [-0.4, -0.2) is 34.8 Å². The SMILES string of the molecule is CCCC1NC(=O)CCN(C2(C)CCCCC2)C1=O. The van der Waals surface area contributed by atoms with Gasteiger partial charge in [0.2, 0.25) is 11.8 Å². The quantitative estimate of drug-likeness (QED) is 0.851. The predicted octanol–water partition coefficient (Wildman–Crippen LogP) is 2.23. The monoisotopic (exact) mass is 266 g/mol. The normalized spacial score (nSPS) is 27.9. The number of hydrogen-bond acceptors (Lipinski definition) is 2. The van der Waals surface area contributed by atoms with Crippen LogP contribution in [0.1, 0.15) is 65.2 Å². The summed E-state index contributed by atoms with van der Waals surface area (Å²) in [4.78, 5) is 26.5. The molecule has 1 N–H and O–H groups in total. The Bertz CT molecular complexity index is 348. The second-order valence-corrected chi connectivity index (χ2v) is 6.21. The summed E-state index contributed by atoms with van der Waals surface area (Å²) in [6.45, 7) is 4.83. The van der Waals surface area contributed by atoms with E-state index in [-0.39, 0.29) is 23.4 Å². The van der Waals surface area contributed by atoms with E-state index in [1.807, 2.05) is 4.90 Å². The second kappa shape index (κ2) is 5.93. The van der Waals surface area contributed by atoms with E-state index < -0.39 is 0 Å². The molecule has 0 bridgehead atoms. The summed E-state index contributed by atoms with van der Waals surface area (Å²) in [5.41, 5.74) is -0.0341. The largest absolute Gasteiger partial charge is 0.344 e. The van der Waals surface area contributed by atoms with Gasteiger partial charge in [0, 0.05) is 18.5 Å². The molecule has 0 aromatic carbocycles. The molecule has 1 saturated carbocycles. The van der Waals surface area contributed by atoms with Crippen molar-refractivity contribution < 1.29 is 9.59 Å². The summed E-state index contributed by atoms with van der Waals surface area (Å²) in [6.07, 6.45) is 7.92. The van der Waals surface area contributed by atoms with Crippen LogP contribution in [0.2, 0.25) is 0 Å². The molecule has 0 aromatic heterocycles. The third-order valence-electron chi connectivity index (χ3n) is 4.62. The summed E-state index contributed by atoms with van der Waals surface area (Å²) in [7, 11) is 0. The Morgan fingerprint density at radius 1 is 1.26 bits per heavy atom. The third-order valence-corrected chi connectivity index (χ3v) is 4.62. The molecule has 0 aromatic rings. The molecule has 19 heavy (non-hydrogen) atoms. The van der Waals surface area contributed by atoms with Crippen LogP contribution in [0.5, 0.6) is 0 Å². The number of nitrogens with one attached hydrogen (secondary N) is 1. The molecule has 1 unspecified atom stereocenters. The Hall–Kier alpha value is -1.06. The van der Waals surface area contributed by atoms with Crippen LogP contribution in [0.15, 0.2) is 0 Å². The first kappa shape index (κ1) is 14.4. The molecule has 108 valence electrons. The fourth-order valence-corrected chi connectivity index (χ4v) is 3.44. The fourth-order valence-electron chi connectivity index (χ4n) is 3.44. The molecule has 2 amide bonds. The van der Waals surface area contributed by atoms with E-state index in [0.717, 1.165) is 25.7 Å². The second-order valence-electron chi connectivity index (χ2n) is 6.21. The molecule has 1 saturated heterocycles. The molecule has 1 heterocycles. The van der Waals surface area contributed by atoms with E-state index >= 15 is 0 Å². The van der Waals surface area contributed by atoms with Gasteiger partial charge in [-0.15, -0.1) is 0 Å². The van der Waals surface area contributed by atoms with Crippen LogP contribution in [0.25, 0.3) is 0 Å². The maximum Gasteiger partial charge on any atom is 0.245 e. The maximum atomic E-state index is 12.7. The highest BCUT2D eigenvalue weighted by molar-refractivity contribution is 5.90. The molecule has 4 nitrogen and oxygen atoms in total. The summed E-state index contributed by atoms with van der Waals surface area (Å²) >= 11 is 0. The van der Waals surface area contributed by atoms with E-state index in [1.54, 1.807) is 0 Å². The predicted molar refractivity (Wildman–Crippen MR) is 74.7 cm³/mol. The Morgan fingerprint density at radius 2 is 1.95 bits per heavy atom. The van der Waals surface area contributed by atoms with Crippen LogP contribution < -0.4 is 5.32 Å². The maximum absolute atomic E-state index is 12.7. The summed E-state index contributed by atoms with van der Waals surface area (Å²) in [5, 5.41) is 2.89. The molecular weight excluding hydrogens is 240 g/mol. The van der Waals surface area contributed by atoms with Crippen molar-refractivity contribution in [1.29, 1.82) is 0 Å². The van der Waals surface area contributed by atoms with Crippen molar-refractivity contribution in [2.75, 3.05) is 6.54 Å². The Morgan fingerprint density at radius 3 is 2.58 bits per heavy atom. The van der Waals surface area contributed by atoms with Crippen LogP contribution in [0, 0.1) is 0 Å². The summed E-state index contributed by atoms with van der Waals surface area (Å²) < 4.78 is 0. The lowest BCUT2D eigenvalue weighted by Gasteiger charge is -2.44. The van der Waals surface area contributed by atoms with Gasteiger partial charge in [0.05, 0.1) is 0 Å². The van der Waals surface area contributed by atoms with Crippen molar-refractivity contribution in [3.8, 4) is 0 Å². The number of rotatable bonds is 3. The molecule has 1 aliphatic heterocycles. The third kappa shape index (κ3) is 3.10. The van der Waals surface area contributed by atoms with Crippen molar-refractivity contribution in [2.24, 2.45) is 0 Å². The van der Waals surface area contributed by atoms with Crippen molar-refractivity contribution in [2.45, 2.75) is 76.8 Å². The molecule has 0 radical (unpaired) electrons. The van der Waals surface area contributed by atoms with Crippen molar-refractivity contribution in [1.82, 2.24) is 10.2 Å². The van der Waals surface area contributed by atoms with E-state index in [9.17, 15) is 9.59 Å². The van der Waals surface area contributed by atoms with Gasteiger partial charge in [0.15, 0.2) is 0 Å². The van der Waals surface area contributed by atoms with Gasteiger partial charge in [-0.05, 0) is 26.2 Å². The minimum atomic E-state index is -0.307.